The molecule has 1 fully saturated rings. The van der Waals surface area contributed by atoms with Crippen LogP contribution in [0.2, 0.25) is 0 Å². The van der Waals surface area contributed by atoms with Gasteiger partial charge in [0.1, 0.15) is 11.4 Å². The van der Waals surface area contributed by atoms with Gasteiger partial charge in [-0.1, -0.05) is 17.2 Å². The number of carbonyl (C=O) groups is 1. The van der Waals surface area contributed by atoms with Crippen LogP contribution >= 0.6 is 0 Å². The number of aromatic nitrogens is 2. The van der Waals surface area contributed by atoms with Crippen molar-refractivity contribution in [1.29, 1.82) is 0 Å². The lowest BCUT2D eigenvalue weighted by Gasteiger charge is -2.34. The Morgan fingerprint density at radius 2 is 2.00 bits per heavy atom. The number of hydrogen-bond donors (Lipinski definition) is 0. The molecule has 1 saturated heterocycles. The summed E-state index contributed by atoms with van der Waals surface area (Å²) in [7, 11) is 0. The number of amides is 1. The molecule has 0 aliphatic carbocycles. The van der Waals surface area contributed by atoms with Crippen LogP contribution in [-0.4, -0.2) is 58.7 Å². The smallest absolute Gasteiger partial charge is 0.228 e. The summed E-state index contributed by atoms with van der Waals surface area (Å²) in [4.78, 5) is 16.4. The lowest BCUT2D eigenvalue weighted by molar-refractivity contribution is -0.132. The van der Waals surface area contributed by atoms with Crippen LogP contribution in [0.4, 0.5) is 0 Å². The Bertz CT molecular complexity index is 397. The number of nitrogens with zero attached hydrogens (tertiary/aromatic N) is 4. The Labute approximate surface area is 107 Å². The Hall–Kier alpha value is -1.43. The second-order valence-corrected chi connectivity index (χ2v) is 4.70. The Balaban J connectivity index is 1.83. The Kier molecular flexibility index (Phi) is 4.30. The maximum absolute atomic E-state index is 12.1. The van der Waals surface area contributed by atoms with Gasteiger partial charge in [0.2, 0.25) is 5.91 Å². The molecule has 100 valence electrons. The molecule has 18 heavy (non-hydrogen) atoms. The molecule has 1 aromatic rings. The average molecular weight is 252 g/mol. The molecular formula is C12H20N4O2. The minimum absolute atomic E-state index is 0.116. The van der Waals surface area contributed by atoms with Gasteiger partial charge in [0.05, 0.1) is 6.42 Å². The highest BCUT2D eigenvalue weighted by Crippen LogP contribution is 2.07. The zero-order valence-corrected chi connectivity index (χ0v) is 11.1. The van der Waals surface area contributed by atoms with Gasteiger partial charge in [0.15, 0.2) is 0 Å². The monoisotopic (exact) mass is 252 g/mol. The van der Waals surface area contributed by atoms with Crippen molar-refractivity contribution in [3.63, 3.8) is 0 Å². The minimum Gasteiger partial charge on any atom is -0.340 e. The summed E-state index contributed by atoms with van der Waals surface area (Å²) in [5.74, 6) is 0.116. The van der Waals surface area contributed by atoms with Gasteiger partial charge in [-0.15, -0.1) is 0 Å². The number of aryl methyl sites for hydroxylation is 1. The van der Waals surface area contributed by atoms with Crippen molar-refractivity contribution >= 4 is 5.91 Å². The van der Waals surface area contributed by atoms with Crippen LogP contribution in [0.25, 0.3) is 0 Å². The number of hydrogen-bond acceptors (Lipinski definition) is 5. The summed E-state index contributed by atoms with van der Waals surface area (Å²) in [5, 5.41) is 7.44. The summed E-state index contributed by atoms with van der Waals surface area (Å²) in [6.07, 6.45) is 1.46. The maximum atomic E-state index is 12.1. The number of carbonyl (C=O) groups excluding carboxylic acids is 1. The van der Waals surface area contributed by atoms with Crippen molar-refractivity contribution in [3.8, 4) is 0 Å². The first kappa shape index (κ1) is 13.0. The maximum Gasteiger partial charge on any atom is 0.228 e. The molecule has 0 atom stereocenters. The SMILES string of the molecule is CCCN1CCN(C(=O)Cc2nonc2C)CC1. The van der Waals surface area contributed by atoms with Crippen LogP contribution in [0.1, 0.15) is 24.7 Å². The molecule has 1 aliphatic heterocycles. The lowest BCUT2D eigenvalue weighted by atomic mass is 10.2. The van der Waals surface area contributed by atoms with Crippen LogP contribution < -0.4 is 0 Å². The highest BCUT2D eigenvalue weighted by Gasteiger charge is 2.22. The van der Waals surface area contributed by atoms with Crippen LogP contribution in [0.15, 0.2) is 4.63 Å². The van der Waals surface area contributed by atoms with Crippen molar-refractivity contribution in [2.75, 3.05) is 32.7 Å². The molecule has 2 heterocycles. The third-order valence-electron chi connectivity index (χ3n) is 3.33. The van der Waals surface area contributed by atoms with E-state index in [1.807, 2.05) is 4.90 Å². The molecule has 0 radical (unpaired) electrons. The molecule has 0 N–H and O–H groups in total. The van der Waals surface area contributed by atoms with Gasteiger partial charge in [-0.05, 0) is 19.9 Å². The normalized spacial score (nSPS) is 17.1. The van der Waals surface area contributed by atoms with Gasteiger partial charge in [0, 0.05) is 26.2 Å². The highest BCUT2D eigenvalue weighted by atomic mass is 16.6. The molecule has 0 saturated carbocycles. The van der Waals surface area contributed by atoms with Crippen LogP contribution in [0, 0.1) is 6.92 Å². The first-order valence-corrected chi connectivity index (χ1v) is 6.49. The lowest BCUT2D eigenvalue weighted by Crippen LogP contribution is -2.49. The first-order valence-electron chi connectivity index (χ1n) is 6.49. The molecule has 0 unspecified atom stereocenters. The van der Waals surface area contributed by atoms with Crippen LogP contribution in [0.3, 0.4) is 0 Å². The molecule has 1 aliphatic rings. The summed E-state index contributed by atoms with van der Waals surface area (Å²) < 4.78 is 4.60. The van der Waals surface area contributed by atoms with Crippen molar-refractivity contribution in [2.45, 2.75) is 26.7 Å². The van der Waals surface area contributed by atoms with E-state index in [1.165, 1.54) is 0 Å². The van der Waals surface area contributed by atoms with Gasteiger partial charge in [-0.3, -0.25) is 9.69 Å². The second kappa shape index (κ2) is 5.95. The van der Waals surface area contributed by atoms with E-state index in [0.29, 0.717) is 17.8 Å². The van der Waals surface area contributed by atoms with E-state index in [2.05, 4.69) is 26.8 Å². The molecule has 6 heteroatoms. The predicted octanol–water partition coefficient (Wildman–Crippen LogP) is 0.475. The molecule has 0 bridgehead atoms. The van der Waals surface area contributed by atoms with E-state index < -0.39 is 0 Å². The van der Waals surface area contributed by atoms with Crippen LogP contribution in [-0.2, 0) is 11.2 Å². The highest BCUT2D eigenvalue weighted by molar-refractivity contribution is 5.78. The van der Waals surface area contributed by atoms with E-state index >= 15 is 0 Å². The number of piperazine rings is 1. The third kappa shape index (κ3) is 3.07. The van der Waals surface area contributed by atoms with Gasteiger partial charge in [-0.25, -0.2) is 4.63 Å². The summed E-state index contributed by atoms with van der Waals surface area (Å²) >= 11 is 0. The van der Waals surface area contributed by atoms with Crippen molar-refractivity contribution in [1.82, 2.24) is 20.1 Å². The zero-order valence-electron chi connectivity index (χ0n) is 11.1. The van der Waals surface area contributed by atoms with E-state index in [1.54, 1.807) is 6.92 Å². The molecule has 1 amide bonds. The van der Waals surface area contributed by atoms with Crippen molar-refractivity contribution in [2.24, 2.45) is 0 Å². The second-order valence-electron chi connectivity index (χ2n) is 4.70. The first-order chi connectivity index (χ1) is 8.70. The molecule has 0 spiro atoms. The van der Waals surface area contributed by atoms with Gasteiger partial charge in [-0.2, -0.15) is 0 Å². The van der Waals surface area contributed by atoms with Gasteiger partial charge in [0.25, 0.3) is 0 Å². The molecule has 2 rings (SSSR count). The predicted molar refractivity (Wildman–Crippen MR) is 66.1 cm³/mol. The minimum atomic E-state index is 0.116. The van der Waals surface area contributed by atoms with E-state index in [-0.39, 0.29) is 5.91 Å². The van der Waals surface area contributed by atoms with Crippen LogP contribution in [0.5, 0.6) is 0 Å². The van der Waals surface area contributed by atoms with E-state index in [4.69, 9.17) is 0 Å². The average Bonchev–Trinajstić information content (AvgIpc) is 2.76. The van der Waals surface area contributed by atoms with E-state index in [9.17, 15) is 4.79 Å². The topological polar surface area (TPSA) is 62.5 Å². The van der Waals surface area contributed by atoms with E-state index in [0.717, 1.165) is 39.1 Å². The molecule has 6 nitrogen and oxygen atoms in total. The Morgan fingerprint density at radius 3 is 2.56 bits per heavy atom. The zero-order chi connectivity index (χ0) is 13.0. The quantitative estimate of drug-likeness (QED) is 0.779. The summed E-state index contributed by atoms with van der Waals surface area (Å²) in [5.41, 5.74) is 1.35. The number of rotatable bonds is 4. The molecule has 1 aromatic heterocycles. The fraction of sp³-hybridized carbons (Fsp3) is 0.750. The summed E-state index contributed by atoms with van der Waals surface area (Å²) in [6.45, 7) is 8.65. The fourth-order valence-electron chi connectivity index (χ4n) is 2.20. The fourth-order valence-corrected chi connectivity index (χ4v) is 2.20. The standard InChI is InChI=1S/C12H20N4O2/c1-3-4-15-5-7-16(8-6-15)12(17)9-11-10(2)13-18-14-11/h3-9H2,1-2H3. The van der Waals surface area contributed by atoms with Gasteiger partial charge < -0.3 is 4.90 Å². The largest absolute Gasteiger partial charge is 0.340 e. The summed E-state index contributed by atoms with van der Waals surface area (Å²) in [6, 6.07) is 0. The van der Waals surface area contributed by atoms with Crippen molar-refractivity contribution < 1.29 is 9.42 Å². The molecule has 0 aromatic carbocycles. The third-order valence-corrected chi connectivity index (χ3v) is 3.33. The molecular weight excluding hydrogens is 232 g/mol. The van der Waals surface area contributed by atoms with Crippen molar-refractivity contribution in [3.05, 3.63) is 11.4 Å². The van der Waals surface area contributed by atoms with Gasteiger partial charge >= 0.3 is 0 Å². The Morgan fingerprint density at radius 1 is 1.28 bits per heavy atom.